The van der Waals surface area contributed by atoms with Crippen molar-refractivity contribution >= 4 is 51.9 Å². The van der Waals surface area contributed by atoms with Gasteiger partial charge >= 0.3 is 0 Å². The minimum atomic E-state index is -0.153. The molecule has 2 heterocycles. The number of rotatable bonds is 8. The molecule has 1 saturated heterocycles. The van der Waals surface area contributed by atoms with Gasteiger partial charge in [0.2, 0.25) is 12.7 Å². The van der Waals surface area contributed by atoms with Crippen molar-refractivity contribution in [2.75, 3.05) is 25.3 Å². The number of amides is 2. The highest BCUT2D eigenvalue weighted by atomic mass is 32.2. The Balaban J connectivity index is 1.32. The van der Waals surface area contributed by atoms with Crippen LogP contribution >= 0.6 is 24.0 Å². The van der Waals surface area contributed by atoms with Gasteiger partial charge in [-0.25, -0.2) is 0 Å². The summed E-state index contributed by atoms with van der Waals surface area (Å²) in [6, 6.07) is 12.8. The summed E-state index contributed by atoms with van der Waals surface area (Å²) in [4.78, 5) is 27.3. The predicted molar refractivity (Wildman–Crippen MR) is 128 cm³/mol. The second-order valence-corrected chi connectivity index (χ2v) is 8.70. The number of hydrogen-bond acceptors (Lipinski definition) is 7. The fraction of sp³-hybridized carbons (Fsp3) is 0.261. The van der Waals surface area contributed by atoms with E-state index < -0.39 is 0 Å². The number of carbonyl (C=O) groups excluding carboxylic acids is 2. The first kappa shape index (κ1) is 22.2. The molecule has 1 N–H and O–H groups in total. The molecule has 2 aliphatic heterocycles. The summed E-state index contributed by atoms with van der Waals surface area (Å²) in [6.07, 6.45) is 2.55. The molecule has 2 aliphatic rings. The molecular weight excluding hydrogens is 448 g/mol. The Morgan fingerprint density at radius 1 is 1.25 bits per heavy atom. The number of thioether (sulfide) groups is 1. The number of benzene rings is 2. The lowest BCUT2D eigenvalue weighted by atomic mass is 10.2. The summed E-state index contributed by atoms with van der Waals surface area (Å²) in [5, 5.41) is 2.87. The molecule has 0 saturated carbocycles. The fourth-order valence-corrected chi connectivity index (χ4v) is 4.62. The van der Waals surface area contributed by atoms with Crippen LogP contribution in [0.1, 0.15) is 25.3 Å². The maximum atomic E-state index is 12.8. The summed E-state index contributed by atoms with van der Waals surface area (Å²) in [5.74, 6) is 1.69. The standard InChI is InChI=1S/C23H22N2O5S2/c1-2-28-17-7-4-3-6-16(17)24-21(26)8-5-11-25-22(27)20(32-23(25)31)13-15-9-10-18-19(12-15)30-14-29-18/h3-4,6-7,9-10,12-13H,2,5,8,11,14H2,1H3,(H,24,26). The first-order valence-corrected chi connectivity index (χ1v) is 11.4. The van der Waals surface area contributed by atoms with Crippen LogP contribution in [0.25, 0.3) is 6.08 Å². The van der Waals surface area contributed by atoms with E-state index in [0.29, 0.717) is 51.7 Å². The molecule has 0 aromatic heterocycles. The van der Waals surface area contributed by atoms with Crippen LogP contribution in [0.5, 0.6) is 17.2 Å². The van der Waals surface area contributed by atoms with Crippen LogP contribution in [0.15, 0.2) is 47.4 Å². The maximum absolute atomic E-state index is 12.8. The highest BCUT2D eigenvalue weighted by Crippen LogP contribution is 2.36. The average Bonchev–Trinajstić information content (AvgIpc) is 3.34. The number of fused-ring (bicyclic) bond motifs is 1. The van der Waals surface area contributed by atoms with Gasteiger partial charge in [0.15, 0.2) is 11.5 Å². The van der Waals surface area contributed by atoms with E-state index in [-0.39, 0.29) is 25.0 Å². The monoisotopic (exact) mass is 470 g/mol. The molecule has 0 unspecified atom stereocenters. The molecule has 2 aromatic carbocycles. The van der Waals surface area contributed by atoms with Crippen molar-refractivity contribution < 1.29 is 23.8 Å². The third kappa shape index (κ3) is 5.05. The number of nitrogens with one attached hydrogen (secondary N) is 1. The molecule has 2 aromatic rings. The largest absolute Gasteiger partial charge is 0.492 e. The van der Waals surface area contributed by atoms with Crippen molar-refractivity contribution in [1.29, 1.82) is 0 Å². The van der Waals surface area contributed by atoms with Gasteiger partial charge in [-0.2, -0.15) is 0 Å². The number of ether oxygens (including phenoxy) is 3. The van der Waals surface area contributed by atoms with Gasteiger partial charge in [-0.15, -0.1) is 0 Å². The minimum absolute atomic E-state index is 0.140. The maximum Gasteiger partial charge on any atom is 0.266 e. The summed E-state index contributed by atoms with van der Waals surface area (Å²) in [6.45, 7) is 2.98. The summed E-state index contributed by atoms with van der Waals surface area (Å²) < 4.78 is 16.7. The zero-order valence-corrected chi connectivity index (χ0v) is 19.1. The smallest absolute Gasteiger partial charge is 0.266 e. The van der Waals surface area contributed by atoms with E-state index in [4.69, 9.17) is 26.4 Å². The molecule has 2 amide bonds. The van der Waals surface area contributed by atoms with E-state index in [1.165, 1.54) is 11.8 Å². The molecule has 32 heavy (non-hydrogen) atoms. The van der Waals surface area contributed by atoms with Gasteiger partial charge in [0.05, 0.1) is 17.2 Å². The van der Waals surface area contributed by atoms with E-state index in [9.17, 15) is 9.59 Å². The second kappa shape index (κ2) is 10.1. The highest BCUT2D eigenvalue weighted by Gasteiger charge is 2.31. The third-order valence-corrected chi connectivity index (χ3v) is 6.19. The lowest BCUT2D eigenvalue weighted by Gasteiger charge is -2.14. The minimum Gasteiger partial charge on any atom is -0.492 e. The quantitative estimate of drug-likeness (QED) is 0.452. The van der Waals surface area contributed by atoms with Crippen molar-refractivity contribution in [2.24, 2.45) is 0 Å². The van der Waals surface area contributed by atoms with Crippen LogP contribution in [0.2, 0.25) is 0 Å². The van der Waals surface area contributed by atoms with Crippen LogP contribution in [0.4, 0.5) is 5.69 Å². The zero-order chi connectivity index (χ0) is 22.5. The van der Waals surface area contributed by atoms with E-state index in [2.05, 4.69) is 5.32 Å². The van der Waals surface area contributed by atoms with Crippen molar-refractivity contribution in [1.82, 2.24) is 4.90 Å². The lowest BCUT2D eigenvalue weighted by molar-refractivity contribution is -0.122. The number of nitrogens with zero attached hydrogens (tertiary/aromatic N) is 1. The Morgan fingerprint density at radius 2 is 2.06 bits per heavy atom. The Labute approximate surface area is 195 Å². The molecule has 0 aliphatic carbocycles. The van der Waals surface area contributed by atoms with Crippen LogP contribution in [-0.2, 0) is 9.59 Å². The molecule has 0 bridgehead atoms. The molecule has 7 nitrogen and oxygen atoms in total. The van der Waals surface area contributed by atoms with E-state index in [0.717, 1.165) is 5.56 Å². The first-order valence-electron chi connectivity index (χ1n) is 10.2. The summed E-state index contributed by atoms with van der Waals surface area (Å²) >= 11 is 6.64. The molecule has 0 radical (unpaired) electrons. The number of hydrogen-bond donors (Lipinski definition) is 1. The van der Waals surface area contributed by atoms with Crippen LogP contribution in [0.3, 0.4) is 0 Å². The first-order chi connectivity index (χ1) is 15.5. The molecular formula is C23H22N2O5S2. The topological polar surface area (TPSA) is 77.1 Å². The SMILES string of the molecule is CCOc1ccccc1NC(=O)CCCN1C(=O)C(=Cc2ccc3c(c2)OCO3)SC1=S. The van der Waals surface area contributed by atoms with Gasteiger partial charge in [-0.3, -0.25) is 14.5 Å². The highest BCUT2D eigenvalue weighted by molar-refractivity contribution is 8.26. The van der Waals surface area contributed by atoms with Gasteiger partial charge < -0.3 is 19.5 Å². The zero-order valence-electron chi connectivity index (χ0n) is 17.5. The number of para-hydroxylation sites is 2. The Bertz CT molecular complexity index is 1090. The van der Waals surface area contributed by atoms with Crippen LogP contribution < -0.4 is 19.5 Å². The molecule has 9 heteroatoms. The van der Waals surface area contributed by atoms with Crippen LogP contribution in [-0.4, -0.2) is 41.0 Å². The van der Waals surface area contributed by atoms with Crippen LogP contribution in [0, 0.1) is 0 Å². The second-order valence-electron chi connectivity index (χ2n) is 7.03. The lowest BCUT2D eigenvalue weighted by Crippen LogP contribution is -2.29. The Hall–Kier alpha value is -3.04. The number of carbonyl (C=O) groups is 2. The van der Waals surface area contributed by atoms with Crippen molar-refractivity contribution in [3.05, 3.63) is 52.9 Å². The number of thiocarbonyl (C=S) groups is 1. The normalized spacial score (nSPS) is 16.0. The van der Waals surface area contributed by atoms with E-state index >= 15 is 0 Å². The summed E-state index contributed by atoms with van der Waals surface area (Å²) in [7, 11) is 0. The Kier molecular flexibility index (Phi) is 6.96. The van der Waals surface area contributed by atoms with Crippen molar-refractivity contribution in [2.45, 2.75) is 19.8 Å². The molecule has 0 spiro atoms. The van der Waals surface area contributed by atoms with Gasteiger partial charge in [-0.05, 0) is 49.2 Å². The van der Waals surface area contributed by atoms with E-state index in [1.807, 2.05) is 43.3 Å². The molecule has 0 atom stereocenters. The number of anilines is 1. The van der Waals surface area contributed by atoms with E-state index in [1.54, 1.807) is 17.0 Å². The van der Waals surface area contributed by atoms with Gasteiger partial charge in [0.1, 0.15) is 10.1 Å². The van der Waals surface area contributed by atoms with Gasteiger partial charge in [0, 0.05) is 13.0 Å². The third-order valence-electron chi connectivity index (χ3n) is 4.81. The average molecular weight is 471 g/mol. The molecule has 4 rings (SSSR count). The summed E-state index contributed by atoms with van der Waals surface area (Å²) in [5.41, 5.74) is 1.47. The van der Waals surface area contributed by atoms with Gasteiger partial charge in [0.25, 0.3) is 5.91 Å². The van der Waals surface area contributed by atoms with Gasteiger partial charge in [-0.1, -0.05) is 42.2 Å². The predicted octanol–water partition coefficient (Wildman–Crippen LogP) is 4.43. The molecule has 166 valence electrons. The molecule has 1 fully saturated rings. The van der Waals surface area contributed by atoms with Crippen molar-refractivity contribution in [3.8, 4) is 17.2 Å². The fourth-order valence-electron chi connectivity index (χ4n) is 3.31. The Morgan fingerprint density at radius 3 is 2.91 bits per heavy atom. The van der Waals surface area contributed by atoms with Crippen molar-refractivity contribution in [3.63, 3.8) is 0 Å².